The Morgan fingerprint density at radius 1 is 1.22 bits per heavy atom. The minimum absolute atomic E-state index is 0.0898. The van der Waals surface area contributed by atoms with Crippen LogP contribution in [-0.2, 0) is 0 Å². The molecule has 3 N–H and O–H groups in total. The van der Waals surface area contributed by atoms with E-state index >= 15 is 0 Å². The Hall–Kier alpha value is -3.79. The number of aromatic amines is 1. The zero-order valence-corrected chi connectivity index (χ0v) is 19.6. The maximum absolute atomic E-state index is 13.1. The molecule has 3 aromatic heterocycles. The standard InChI is InChI=1S/C25H19ClF3N5O2/c1-11-14(26)3-2-4-15(11)31-23-19-21(13-9-17(13)32-24(19)35)34-22(23)12-7-8-30-16-5-6-18(33-20(12)16)36-10-25(27,28)29/h2-8,13,17,31,34H,9-10H2,1H3,(H,32,35)/t13-,17+/m0/s1. The minimum atomic E-state index is -4.49. The smallest absolute Gasteiger partial charge is 0.422 e. The lowest BCUT2D eigenvalue weighted by Crippen LogP contribution is -2.31. The van der Waals surface area contributed by atoms with Crippen LogP contribution in [-0.4, -0.2) is 39.7 Å². The number of ether oxygens (including phenoxy) is 1. The molecule has 0 spiro atoms. The average Bonchev–Trinajstić information content (AvgIpc) is 3.51. The van der Waals surface area contributed by atoms with Crippen LogP contribution < -0.4 is 15.4 Å². The number of pyridine rings is 2. The molecule has 0 radical (unpaired) electrons. The molecule has 1 saturated carbocycles. The number of fused-ring (bicyclic) bond motifs is 4. The number of amides is 1. The van der Waals surface area contributed by atoms with Crippen molar-refractivity contribution in [2.75, 3.05) is 11.9 Å². The van der Waals surface area contributed by atoms with Gasteiger partial charge in [-0.3, -0.25) is 9.78 Å². The molecule has 1 amide bonds. The van der Waals surface area contributed by atoms with Gasteiger partial charge in [0, 0.05) is 46.2 Å². The number of alkyl halides is 3. The normalized spacial score (nSPS) is 18.4. The molecule has 36 heavy (non-hydrogen) atoms. The highest BCUT2D eigenvalue weighted by Gasteiger charge is 2.48. The third kappa shape index (κ3) is 3.91. The van der Waals surface area contributed by atoms with E-state index in [2.05, 4.69) is 25.6 Å². The summed E-state index contributed by atoms with van der Waals surface area (Å²) >= 11 is 6.33. The molecule has 2 aliphatic rings. The van der Waals surface area contributed by atoms with Crippen molar-refractivity contribution in [3.8, 4) is 17.1 Å². The second kappa shape index (κ2) is 8.12. The van der Waals surface area contributed by atoms with Crippen LogP contribution in [0.4, 0.5) is 24.5 Å². The molecular formula is C25H19ClF3N5O2. The lowest BCUT2D eigenvalue weighted by Gasteiger charge is -2.16. The summed E-state index contributed by atoms with van der Waals surface area (Å²) in [5.41, 5.74) is 5.33. The van der Waals surface area contributed by atoms with Gasteiger partial charge in [-0.1, -0.05) is 17.7 Å². The molecule has 0 unspecified atom stereocenters. The fraction of sp³-hybridized carbons (Fsp3) is 0.240. The van der Waals surface area contributed by atoms with Gasteiger partial charge in [0.15, 0.2) is 6.61 Å². The van der Waals surface area contributed by atoms with Crippen molar-refractivity contribution in [3.63, 3.8) is 0 Å². The number of carbonyl (C=O) groups excluding carboxylic acids is 1. The number of halogens is 4. The van der Waals surface area contributed by atoms with Crippen molar-refractivity contribution < 1.29 is 22.7 Å². The number of rotatable bonds is 5. The van der Waals surface area contributed by atoms with Crippen LogP contribution in [0.1, 0.15) is 34.0 Å². The number of H-pyrrole nitrogens is 1. The van der Waals surface area contributed by atoms with Crippen LogP contribution >= 0.6 is 11.6 Å². The number of benzene rings is 1. The number of nitrogens with zero attached hydrogens (tertiary/aromatic N) is 2. The zero-order chi connectivity index (χ0) is 25.2. The third-order valence-electron chi connectivity index (χ3n) is 6.47. The lowest BCUT2D eigenvalue weighted by molar-refractivity contribution is -0.154. The van der Waals surface area contributed by atoms with E-state index in [1.165, 1.54) is 6.07 Å². The molecule has 6 rings (SSSR count). The van der Waals surface area contributed by atoms with E-state index in [-0.39, 0.29) is 23.7 Å². The van der Waals surface area contributed by atoms with Gasteiger partial charge in [-0.05, 0) is 43.2 Å². The molecule has 0 saturated heterocycles. The number of nitrogens with one attached hydrogen (secondary N) is 3. The van der Waals surface area contributed by atoms with Crippen molar-refractivity contribution in [2.24, 2.45) is 0 Å². The molecule has 0 bridgehead atoms. The van der Waals surface area contributed by atoms with Gasteiger partial charge < -0.3 is 20.4 Å². The van der Waals surface area contributed by atoms with E-state index < -0.39 is 12.8 Å². The molecule has 4 aromatic rings. The van der Waals surface area contributed by atoms with Crippen molar-refractivity contribution in [2.45, 2.75) is 31.5 Å². The zero-order valence-electron chi connectivity index (χ0n) is 18.8. The highest BCUT2D eigenvalue weighted by molar-refractivity contribution is 6.31. The molecule has 1 aliphatic carbocycles. The molecule has 1 aliphatic heterocycles. The van der Waals surface area contributed by atoms with Crippen molar-refractivity contribution in [1.82, 2.24) is 20.3 Å². The number of carbonyl (C=O) groups is 1. The van der Waals surface area contributed by atoms with Gasteiger partial charge in [0.25, 0.3) is 5.91 Å². The van der Waals surface area contributed by atoms with Crippen molar-refractivity contribution >= 4 is 39.9 Å². The summed E-state index contributed by atoms with van der Waals surface area (Å²) in [5.74, 6) is -0.210. The topological polar surface area (TPSA) is 91.9 Å². The number of anilines is 2. The first-order chi connectivity index (χ1) is 17.2. The number of hydrogen-bond donors (Lipinski definition) is 3. The van der Waals surface area contributed by atoms with Gasteiger partial charge >= 0.3 is 6.18 Å². The van der Waals surface area contributed by atoms with E-state index in [0.717, 1.165) is 23.4 Å². The maximum Gasteiger partial charge on any atom is 0.422 e. The fourth-order valence-electron chi connectivity index (χ4n) is 4.60. The van der Waals surface area contributed by atoms with Gasteiger partial charge in [-0.15, -0.1) is 0 Å². The average molecular weight is 514 g/mol. The maximum atomic E-state index is 13.1. The van der Waals surface area contributed by atoms with Crippen LogP contribution in [0.2, 0.25) is 5.02 Å². The van der Waals surface area contributed by atoms with Gasteiger partial charge in [0.1, 0.15) is 5.52 Å². The summed E-state index contributed by atoms with van der Waals surface area (Å²) in [4.78, 5) is 25.1. The number of aromatic nitrogens is 3. The van der Waals surface area contributed by atoms with Crippen molar-refractivity contribution in [3.05, 3.63) is 64.4 Å². The predicted molar refractivity (Wildman–Crippen MR) is 129 cm³/mol. The Kier molecular flexibility index (Phi) is 5.11. The van der Waals surface area contributed by atoms with Crippen LogP contribution in [0, 0.1) is 6.92 Å². The molecule has 7 nitrogen and oxygen atoms in total. The first-order valence-corrected chi connectivity index (χ1v) is 11.6. The lowest BCUT2D eigenvalue weighted by atomic mass is 10.0. The van der Waals surface area contributed by atoms with Gasteiger partial charge in [0.05, 0.1) is 22.5 Å². The Balaban J connectivity index is 1.52. The Bertz CT molecular complexity index is 1530. The molecular weight excluding hydrogens is 495 g/mol. The molecule has 2 atom stereocenters. The first-order valence-electron chi connectivity index (χ1n) is 11.2. The second-order valence-corrected chi connectivity index (χ2v) is 9.31. The summed E-state index contributed by atoms with van der Waals surface area (Å²) in [6.07, 6.45) is -2.07. The van der Waals surface area contributed by atoms with E-state index in [4.69, 9.17) is 16.3 Å². The van der Waals surface area contributed by atoms with E-state index in [1.54, 1.807) is 30.5 Å². The van der Waals surface area contributed by atoms with Crippen molar-refractivity contribution in [1.29, 1.82) is 0 Å². The van der Waals surface area contributed by atoms with E-state index in [9.17, 15) is 18.0 Å². The largest absolute Gasteiger partial charge is 0.468 e. The third-order valence-corrected chi connectivity index (χ3v) is 6.88. The van der Waals surface area contributed by atoms with Crippen LogP contribution in [0.3, 0.4) is 0 Å². The van der Waals surface area contributed by atoms with Gasteiger partial charge in [-0.25, -0.2) is 4.98 Å². The first kappa shape index (κ1) is 22.7. The molecule has 184 valence electrons. The summed E-state index contributed by atoms with van der Waals surface area (Å²) in [7, 11) is 0. The summed E-state index contributed by atoms with van der Waals surface area (Å²) in [6.45, 7) is 0.413. The second-order valence-electron chi connectivity index (χ2n) is 8.90. The van der Waals surface area contributed by atoms with Crippen LogP contribution in [0.25, 0.3) is 22.3 Å². The SMILES string of the molecule is Cc1c(Cl)cccc1Nc1c(-c2ccnc3ccc(OCC(F)(F)F)nc23)[nH]c2c1C(=O)N[C@@H]1C[C@H]21. The Labute approximate surface area is 208 Å². The van der Waals surface area contributed by atoms with E-state index in [1.807, 2.05) is 13.0 Å². The summed E-state index contributed by atoms with van der Waals surface area (Å²) < 4.78 is 43.0. The number of hydrogen-bond acceptors (Lipinski definition) is 5. The Morgan fingerprint density at radius 2 is 2.06 bits per heavy atom. The van der Waals surface area contributed by atoms with Gasteiger partial charge in [0.2, 0.25) is 5.88 Å². The van der Waals surface area contributed by atoms with E-state index in [0.29, 0.717) is 38.6 Å². The highest BCUT2D eigenvalue weighted by Crippen LogP contribution is 2.50. The van der Waals surface area contributed by atoms with Crippen LogP contribution in [0.15, 0.2) is 42.6 Å². The molecule has 1 aromatic carbocycles. The fourth-order valence-corrected chi connectivity index (χ4v) is 4.77. The predicted octanol–water partition coefficient (Wildman–Crippen LogP) is 5.87. The molecule has 11 heteroatoms. The molecule has 1 fully saturated rings. The monoisotopic (exact) mass is 513 g/mol. The van der Waals surface area contributed by atoms with Crippen LogP contribution in [0.5, 0.6) is 5.88 Å². The summed E-state index contributed by atoms with van der Waals surface area (Å²) in [6, 6.07) is 10.1. The minimum Gasteiger partial charge on any atom is -0.468 e. The quantitative estimate of drug-likeness (QED) is 0.310. The Morgan fingerprint density at radius 3 is 2.86 bits per heavy atom. The highest BCUT2D eigenvalue weighted by atomic mass is 35.5. The molecule has 4 heterocycles. The van der Waals surface area contributed by atoms with Gasteiger partial charge in [-0.2, -0.15) is 13.2 Å². The summed E-state index contributed by atoms with van der Waals surface area (Å²) in [5, 5.41) is 6.97.